The van der Waals surface area contributed by atoms with Gasteiger partial charge in [-0.05, 0) is 12.3 Å². The summed E-state index contributed by atoms with van der Waals surface area (Å²) in [5.41, 5.74) is 0. The van der Waals surface area contributed by atoms with Crippen molar-refractivity contribution in [3.05, 3.63) is 0 Å². The van der Waals surface area contributed by atoms with E-state index in [1.165, 1.54) is 0 Å². The van der Waals surface area contributed by atoms with E-state index in [9.17, 15) is 13.2 Å². The first-order valence-electron chi connectivity index (χ1n) is 5.40. The van der Waals surface area contributed by atoms with Crippen LogP contribution in [0.1, 0.15) is 20.3 Å². The van der Waals surface area contributed by atoms with Gasteiger partial charge in [0, 0.05) is 13.1 Å². The minimum absolute atomic E-state index is 0.0332. The molecule has 0 aromatic carbocycles. The molecule has 0 aliphatic carbocycles. The van der Waals surface area contributed by atoms with Crippen LogP contribution in [0.15, 0.2) is 0 Å². The molecule has 0 radical (unpaired) electrons. The molecule has 17 heavy (non-hydrogen) atoms. The van der Waals surface area contributed by atoms with Crippen LogP contribution in [0, 0.1) is 23.2 Å². The van der Waals surface area contributed by atoms with Crippen LogP contribution in [0.4, 0.5) is 0 Å². The summed E-state index contributed by atoms with van der Waals surface area (Å²) in [5.74, 6) is -0.992. The molecule has 0 rings (SSSR count). The van der Waals surface area contributed by atoms with Crippen LogP contribution in [-0.2, 0) is 14.8 Å². The highest BCUT2D eigenvalue weighted by atomic mass is 32.2. The molecule has 0 aliphatic rings. The lowest BCUT2D eigenvalue weighted by molar-refractivity contribution is -0.124. The van der Waals surface area contributed by atoms with Crippen LogP contribution >= 0.6 is 0 Å². The first-order valence-corrected chi connectivity index (χ1v) is 7.29. The van der Waals surface area contributed by atoms with E-state index in [1.807, 2.05) is 6.07 Å². The van der Waals surface area contributed by atoms with Gasteiger partial charge in [-0.2, -0.15) is 5.26 Å². The Kier molecular flexibility index (Phi) is 6.76. The topological polar surface area (TPSA) is 99.1 Å². The summed E-state index contributed by atoms with van der Waals surface area (Å²) in [7, 11) is -3.17. The molecule has 0 aliphatic heterocycles. The number of amides is 1. The predicted molar refractivity (Wildman–Crippen MR) is 64.4 cm³/mol. The monoisotopic (exact) mass is 261 g/mol. The first kappa shape index (κ1) is 15.9. The highest BCUT2D eigenvalue weighted by molar-refractivity contribution is 7.88. The van der Waals surface area contributed by atoms with Crippen LogP contribution in [0.5, 0.6) is 0 Å². The van der Waals surface area contributed by atoms with Gasteiger partial charge in [-0.15, -0.1) is 0 Å². The van der Waals surface area contributed by atoms with Crippen LogP contribution in [0.2, 0.25) is 0 Å². The molecular weight excluding hydrogens is 242 g/mol. The second kappa shape index (κ2) is 7.25. The molecule has 6 nitrogen and oxygen atoms in total. The molecule has 2 N–H and O–H groups in total. The highest BCUT2D eigenvalue weighted by Crippen LogP contribution is 2.08. The quantitative estimate of drug-likeness (QED) is 0.622. The number of sulfonamides is 1. The van der Waals surface area contributed by atoms with E-state index in [1.54, 1.807) is 13.8 Å². The van der Waals surface area contributed by atoms with Crippen LogP contribution in [-0.4, -0.2) is 33.7 Å². The minimum Gasteiger partial charge on any atom is -0.355 e. The lowest BCUT2D eigenvalue weighted by Crippen LogP contribution is -2.34. The Balaban J connectivity index is 3.83. The maximum Gasteiger partial charge on any atom is 0.237 e. The number of carbonyl (C=O) groups is 1. The maximum atomic E-state index is 11.5. The van der Waals surface area contributed by atoms with Crippen molar-refractivity contribution in [2.45, 2.75) is 20.3 Å². The van der Waals surface area contributed by atoms with Gasteiger partial charge >= 0.3 is 0 Å². The van der Waals surface area contributed by atoms with E-state index in [-0.39, 0.29) is 18.4 Å². The van der Waals surface area contributed by atoms with Gasteiger partial charge in [0.15, 0.2) is 0 Å². The van der Waals surface area contributed by atoms with Crippen molar-refractivity contribution in [2.75, 3.05) is 19.3 Å². The summed E-state index contributed by atoms with van der Waals surface area (Å²) in [4.78, 5) is 11.5. The molecule has 0 saturated carbocycles. The number of hydrogen-bond acceptors (Lipinski definition) is 4. The number of nitrogens with one attached hydrogen (secondary N) is 2. The first-order chi connectivity index (χ1) is 7.78. The summed E-state index contributed by atoms with van der Waals surface area (Å²) in [6, 6.07) is 1.94. The number of hydrogen-bond donors (Lipinski definition) is 2. The van der Waals surface area contributed by atoms with Gasteiger partial charge in [-0.3, -0.25) is 4.79 Å². The van der Waals surface area contributed by atoms with Crippen molar-refractivity contribution in [1.29, 1.82) is 5.26 Å². The summed E-state index contributed by atoms with van der Waals surface area (Å²) in [5, 5.41) is 11.4. The Hall–Kier alpha value is -1.13. The molecule has 0 aromatic heterocycles. The molecule has 0 fully saturated rings. The highest BCUT2D eigenvalue weighted by Gasteiger charge is 2.20. The fourth-order valence-corrected chi connectivity index (χ4v) is 1.69. The molecule has 0 heterocycles. The van der Waals surface area contributed by atoms with Crippen molar-refractivity contribution < 1.29 is 13.2 Å². The second-order valence-electron chi connectivity index (χ2n) is 4.16. The lowest BCUT2D eigenvalue weighted by Gasteiger charge is -2.12. The third-order valence-electron chi connectivity index (χ3n) is 2.11. The fraction of sp³-hybridized carbons (Fsp3) is 0.800. The standard InChI is InChI=1S/C10H19N3O3S/c1-8(2)9(7-11)10(14)12-5-4-6-13-17(3,15)16/h8-9,13H,4-6H2,1-3H3,(H,12,14). The molecule has 0 aromatic rings. The summed E-state index contributed by atoms with van der Waals surface area (Å²) in [6.45, 7) is 4.24. The molecule has 1 atom stereocenters. The molecule has 98 valence electrons. The average molecular weight is 261 g/mol. The van der Waals surface area contributed by atoms with Gasteiger partial charge in [0.2, 0.25) is 15.9 Å². The van der Waals surface area contributed by atoms with Gasteiger partial charge in [0.1, 0.15) is 5.92 Å². The van der Waals surface area contributed by atoms with Gasteiger partial charge in [0.25, 0.3) is 0 Å². The lowest BCUT2D eigenvalue weighted by atomic mass is 9.97. The van der Waals surface area contributed by atoms with Gasteiger partial charge in [-0.25, -0.2) is 13.1 Å². The molecule has 0 spiro atoms. The van der Waals surface area contributed by atoms with Crippen molar-refractivity contribution in [3.8, 4) is 6.07 Å². The fourth-order valence-electron chi connectivity index (χ4n) is 1.18. The number of nitriles is 1. The summed E-state index contributed by atoms with van der Waals surface area (Å²) < 4.78 is 23.8. The van der Waals surface area contributed by atoms with Crippen LogP contribution < -0.4 is 10.0 Å². The smallest absolute Gasteiger partial charge is 0.237 e. The van der Waals surface area contributed by atoms with Crippen LogP contribution in [0.25, 0.3) is 0 Å². The molecule has 7 heteroatoms. The van der Waals surface area contributed by atoms with E-state index >= 15 is 0 Å². The Bertz CT molecular complexity index is 384. The zero-order valence-electron chi connectivity index (χ0n) is 10.4. The van der Waals surface area contributed by atoms with Crippen LogP contribution in [0.3, 0.4) is 0 Å². The van der Waals surface area contributed by atoms with E-state index in [2.05, 4.69) is 10.0 Å². The van der Waals surface area contributed by atoms with E-state index in [0.717, 1.165) is 6.26 Å². The number of rotatable bonds is 7. The van der Waals surface area contributed by atoms with Gasteiger partial charge < -0.3 is 5.32 Å². The van der Waals surface area contributed by atoms with E-state index in [0.29, 0.717) is 13.0 Å². The van der Waals surface area contributed by atoms with Gasteiger partial charge in [0.05, 0.1) is 12.3 Å². The third-order valence-corrected chi connectivity index (χ3v) is 2.83. The van der Waals surface area contributed by atoms with Crippen molar-refractivity contribution in [1.82, 2.24) is 10.0 Å². The molecule has 1 amide bonds. The minimum atomic E-state index is -3.17. The SMILES string of the molecule is CC(C)C(C#N)C(=O)NCCCNS(C)(=O)=O. The molecular formula is C10H19N3O3S. The second-order valence-corrected chi connectivity index (χ2v) is 5.99. The largest absolute Gasteiger partial charge is 0.355 e. The number of carbonyl (C=O) groups excluding carboxylic acids is 1. The summed E-state index contributed by atoms with van der Waals surface area (Å²) in [6.07, 6.45) is 1.57. The predicted octanol–water partition coefficient (Wildman–Crippen LogP) is -0.162. The Labute approximate surface area is 102 Å². The summed E-state index contributed by atoms with van der Waals surface area (Å²) >= 11 is 0. The van der Waals surface area contributed by atoms with E-state index < -0.39 is 15.9 Å². The molecule has 0 bridgehead atoms. The van der Waals surface area contributed by atoms with Crippen molar-refractivity contribution in [3.63, 3.8) is 0 Å². The third kappa shape index (κ3) is 7.71. The Morgan fingerprint density at radius 1 is 1.35 bits per heavy atom. The Morgan fingerprint density at radius 2 is 1.94 bits per heavy atom. The van der Waals surface area contributed by atoms with E-state index in [4.69, 9.17) is 5.26 Å². The van der Waals surface area contributed by atoms with Crippen molar-refractivity contribution in [2.24, 2.45) is 11.8 Å². The zero-order chi connectivity index (χ0) is 13.5. The maximum absolute atomic E-state index is 11.5. The van der Waals surface area contributed by atoms with Gasteiger partial charge in [-0.1, -0.05) is 13.8 Å². The van der Waals surface area contributed by atoms with Crippen molar-refractivity contribution >= 4 is 15.9 Å². The number of nitrogens with zero attached hydrogens (tertiary/aromatic N) is 1. The normalized spacial score (nSPS) is 13.1. The average Bonchev–Trinajstić information content (AvgIpc) is 2.15. The molecule has 1 unspecified atom stereocenters. The Morgan fingerprint density at radius 3 is 2.35 bits per heavy atom. The zero-order valence-corrected chi connectivity index (χ0v) is 11.2. The molecule has 0 saturated heterocycles.